The molecule has 0 bridgehead atoms. The molecule has 2 heterocycles. The number of nitro benzene ring substituents is 1. The third-order valence-corrected chi connectivity index (χ3v) is 4.05. The second-order valence-corrected chi connectivity index (χ2v) is 5.57. The number of furan rings is 1. The molecule has 0 aliphatic carbocycles. The van der Waals surface area contributed by atoms with Crippen molar-refractivity contribution in [1.82, 2.24) is 4.90 Å². The van der Waals surface area contributed by atoms with Gasteiger partial charge in [-0.05, 0) is 31.7 Å². The number of hydrogen-bond acceptors (Lipinski definition) is 5. The molecule has 1 saturated heterocycles. The maximum absolute atomic E-state index is 12.6. The van der Waals surface area contributed by atoms with Crippen molar-refractivity contribution in [3.63, 3.8) is 0 Å². The summed E-state index contributed by atoms with van der Waals surface area (Å²) in [6.45, 7) is 1.10. The van der Waals surface area contributed by atoms with Gasteiger partial charge in [0, 0.05) is 18.7 Å². The fraction of sp³-hybridized carbons (Fsp3) is 0.312. The van der Waals surface area contributed by atoms with Gasteiger partial charge < -0.3 is 9.32 Å². The van der Waals surface area contributed by atoms with Crippen LogP contribution in [0, 0.1) is 10.1 Å². The Morgan fingerprint density at radius 2 is 2.22 bits per heavy atom. The largest absolute Gasteiger partial charge is 0.468 e. The third-order valence-electron chi connectivity index (χ3n) is 4.05. The van der Waals surface area contributed by atoms with Crippen LogP contribution in [0.2, 0.25) is 0 Å². The predicted octanol–water partition coefficient (Wildman–Crippen LogP) is 2.43. The summed E-state index contributed by atoms with van der Waals surface area (Å²) in [6, 6.07) is 9.61. The van der Waals surface area contributed by atoms with Gasteiger partial charge in [0.05, 0.1) is 29.5 Å². The molecule has 1 aromatic heterocycles. The number of benzene rings is 1. The minimum atomic E-state index is -0.454. The first kappa shape index (κ1) is 15.2. The lowest BCUT2D eigenvalue weighted by atomic mass is 10.2. The Bertz CT molecular complexity index is 714. The average Bonchev–Trinajstić information content (AvgIpc) is 3.17. The molecule has 1 aliphatic heterocycles. The summed E-state index contributed by atoms with van der Waals surface area (Å²) < 4.78 is 5.31. The van der Waals surface area contributed by atoms with Crippen LogP contribution >= 0.6 is 0 Å². The number of hydrogen-bond donors (Lipinski definition) is 0. The van der Waals surface area contributed by atoms with E-state index >= 15 is 0 Å². The van der Waals surface area contributed by atoms with Gasteiger partial charge in [-0.3, -0.25) is 19.8 Å². The Kier molecular flexibility index (Phi) is 4.12. The van der Waals surface area contributed by atoms with Crippen LogP contribution < -0.4 is 4.90 Å². The molecule has 1 aliphatic rings. The summed E-state index contributed by atoms with van der Waals surface area (Å²) >= 11 is 0. The zero-order valence-electron chi connectivity index (χ0n) is 12.7. The Labute approximate surface area is 133 Å². The van der Waals surface area contributed by atoms with Gasteiger partial charge in [-0.15, -0.1) is 0 Å². The number of anilines is 1. The molecule has 0 radical (unpaired) electrons. The minimum Gasteiger partial charge on any atom is -0.468 e. The van der Waals surface area contributed by atoms with Gasteiger partial charge in [0.2, 0.25) is 5.91 Å². The second kappa shape index (κ2) is 6.21. The molecule has 0 N–H and O–H groups in total. The monoisotopic (exact) mass is 315 g/mol. The number of rotatable bonds is 5. The van der Waals surface area contributed by atoms with Crippen LogP contribution in [0.1, 0.15) is 12.2 Å². The summed E-state index contributed by atoms with van der Waals surface area (Å²) in [6.07, 6.45) is 2.29. The highest BCUT2D eigenvalue weighted by Crippen LogP contribution is 2.27. The van der Waals surface area contributed by atoms with Gasteiger partial charge in [-0.1, -0.05) is 6.07 Å². The molecule has 1 amide bonds. The Morgan fingerprint density at radius 1 is 1.39 bits per heavy atom. The van der Waals surface area contributed by atoms with Gasteiger partial charge in [0.1, 0.15) is 5.76 Å². The van der Waals surface area contributed by atoms with Gasteiger partial charge in [-0.25, -0.2) is 0 Å². The zero-order valence-corrected chi connectivity index (χ0v) is 12.7. The van der Waals surface area contributed by atoms with Crippen LogP contribution in [0.15, 0.2) is 47.1 Å². The van der Waals surface area contributed by atoms with Crippen LogP contribution in [0.5, 0.6) is 0 Å². The topological polar surface area (TPSA) is 79.8 Å². The number of amides is 1. The fourth-order valence-corrected chi connectivity index (χ4v) is 2.86. The van der Waals surface area contributed by atoms with E-state index in [1.54, 1.807) is 23.3 Å². The van der Waals surface area contributed by atoms with Crippen molar-refractivity contribution in [3.05, 3.63) is 58.5 Å². The molecule has 3 rings (SSSR count). The number of likely N-dealkylation sites (N-methyl/N-ethyl adjacent to an activating group) is 1. The van der Waals surface area contributed by atoms with E-state index in [0.717, 1.165) is 5.76 Å². The Morgan fingerprint density at radius 3 is 2.91 bits per heavy atom. The standard InChI is InChI=1S/C16H17N3O4/c1-17(11-14-6-3-9-23-14)15-7-8-18(16(15)20)12-4-2-5-13(10-12)19(21)22/h2-6,9-10,15H,7-8,11H2,1H3. The van der Waals surface area contributed by atoms with E-state index in [4.69, 9.17) is 4.42 Å². The molecule has 0 spiro atoms. The van der Waals surface area contributed by atoms with Gasteiger partial charge >= 0.3 is 0 Å². The first-order valence-electron chi connectivity index (χ1n) is 7.34. The SMILES string of the molecule is CN(Cc1ccco1)C1CCN(c2cccc([N+](=O)[O-])c2)C1=O. The molecule has 120 valence electrons. The van der Waals surface area contributed by atoms with Crippen molar-refractivity contribution in [3.8, 4) is 0 Å². The van der Waals surface area contributed by atoms with Crippen molar-refractivity contribution in [1.29, 1.82) is 0 Å². The number of nitrogens with zero attached hydrogens (tertiary/aromatic N) is 3. The average molecular weight is 315 g/mol. The van der Waals surface area contributed by atoms with Crippen LogP contribution in [0.3, 0.4) is 0 Å². The fourth-order valence-electron chi connectivity index (χ4n) is 2.86. The van der Waals surface area contributed by atoms with E-state index in [9.17, 15) is 14.9 Å². The third kappa shape index (κ3) is 3.09. The van der Waals surface area contributed by atoms with Crippen molar-refractivity contribution in [2.75, 3.05) is 18.5 Å². The summed E-state index contributed by atoms with van der Waals surface area (Å²) in [5, 5.41) is 10.9. The quantitative estimate of drug-likeness (QED) is 0.625. The summed E-state index contributed by atoms with van der Waals surface area (Å²) in [5.41, 5.74) is 0.556. The second-order valence-electron chi connectivity index (χ2n) is 5.57. The van der Waals surface area contributed by atoms with E-state index < -0.39 is 4.92 Å². The van der Waals surface area contributed by atoms with Crippen molar-refractivity contribution < 1.29 is 14.1 Å². The van der Waals surface area contributed by atoms with E-state index in [2.05, 4.69) is 0 Å². The van der Waals surface area contributed by atoms with Crippen molar-refractivity contribution in [2.45, 2.75) is 19.0 Å². The number of non-ortho nitro benzene ring substituents is 1. The van der Waals surface area contributed by atoms with Gasteiger partial charge in [0.15, 0.2) is 0 Å². The summed E-state index contributed by atoms with van der Waals surface area (Å²) in [7, 11) is 1.88. The molecular weight excluding hydrogens is 298 g/mol. The van der Waals surface area contributed by atoms with Gasteiger partial charge in [0.25, 0.3) is 5.69 Å². The first-order valence-corrected chi connectivity index (χ1v) is 7.34. The summed E-state index contributed by atoms with van der Waals surface area (Å²) in [5.74, 6) is 0.758. The highest BCUT2D eigenvalue weighted by Gasteiger charge is 2.35. The van der Waals surface area contributed by atoms with E-state index in [1.165, 1.54) is 12.1 Å². The van der Waals surface area contributed by atoms with Crippen LogP contribution in [0.25, 0.3) is 0 Å². The molecule has 1 aromatic carbocycles. The van der Waals surface area contributed by atoms with Crippen LogP contribution in [0.4, 0.5) is 11.4 Å². The number of carbonyl (C=O) groups excluding carboxylic acids is 1. The maximum atomic E-state index is 12.6. The maximum Gasteiger partial charge on any atom is 0.271 e. The van der Waals surface area contributed by atoms with E-state index in [1.807, 2.05) is 24.1 Å². The lowest BCUT2D eigenvalue weighted by Gasteiger charge is -2.22. The molecule has 7 nitrogen and oxygen atoms in total. The molecule has 23 heavy (non-hydrogen) atoms. The van der Waals surface area contributed by atoms with E-state index in [-0.39, 0.29) is 17.6 Å². The Balaban J connectivity index is 1.73. The summed E-state index contributed by atoms with van der Waals surface area (Å²) in [4.78, 5) is 26.6. The number of nitro groups is 1. The normalized spacial score (nSPS) is 17.9. The molecular formula is C16H17N3O4. The lowest BCUT2D eigenvalue weighted by Crippen LogP contribution is -2.39. The molecule has 1 unspecified atom stereocenters. The lowest BCUT2D eigenvalue weighted by molar-refractivity contribution is -0.384. The molecule has 1 fully saturated rings. The van der Waals surface area contributed by atoms with Gasteiger partial charge in [-0.2, -0.15) is 0 Å². The molecule has 7 heteroatoms. The van der Waals surface area contributed by atoms with Crippen LogP contribution in [-0.2, 0) is 11.3 Å². The smallest absolute Gasteiger partial charge is 0.271 e. The number of carbonyl (C=O) groups is 1. The van der Waals surface area contributed by atoms with Crippen molar-refractivity contribution in [2.24, 2.45) is 0 Å². The molecule has 1 atom stereocenters. The van der Waals surface area contributed by atoms with Crippen molar-refractivity contribution >= 4 is 17.3 Å². The highest BCUT2D eigenvalue weighted by molar-refractivity contribution is 5.99. The molecule has 2 aromatic rings. The predicted molar refractivity (Wildman–Crippen MR) is 84.0 cm³/mol. The highest BCUT2D eigenvalue weighted by atomic mass is 16.6. The Hall–Kier alpha value is -2.67. The first-order chi connectivity index (χ1) is 11.1. The van der Waals surface area contributed by atoms with E-state index in [0.29, 0.717) is 25.2 Å². The van der Waals surface area contributed by atoms with Crippen LogP contribution in [-0.4, -0.2) is 35.4 Å². The minimum absolute atomic E-state index is 0.0114. The molecule has 0 saturated carbocycles. The zero-order chi connectivity index (χ0) is 16.4.